The second kappa shape index (κ2) is 5.78. The van der Waals surface area contributed by atoms with Gasteiger partial charge in [0.15, 0.2) is 4.34 Å². The highest BCUT2D eigenvalue weighted by Crippen LogP contribution is 2.34. The Morgan fingerprint density at radius 1 is 1.47 bits per heavy atom. The highest BCUT2D eigenvalue weighted by atomic mass is 32.2. The van der Waals surface area contributed by atoms with E-state index in [9.17, 15) is 0 Å². The molecule has 2 rings (SSSR count). The van der Waals surface area contributed by atoms with Crippen molar-refractivity contribution in [1.82, 2.24) is 20.2 Å². The van der Waals surface area contributed by atoms with Crippen molar-refractivity contribution in [3.05, 3.63) is 11.8 Å². The van der Waals surface area contributed by atoms with Gasteiger partial charge in [0.2, 0.25) is 5.88 Å². The molecule has 0 amide bonds. The smallest absolute Gasteiger partial charge is 0.241 e. The van der Waals surface area contributed by atoms with E-state index in [1.54, 1.807) is 5.51 Å². The van der Waals surface area contributed by atoms with Crippen LogP contribution in [0.3, 0.4) is 0 Å². The first kappa shape index (κ1) is 12.1. The predicted molar refractivity (Wildman–Crippen MR) is 66.3 cm³/mol. The van der Waals surface area contributed by atoms with Gasteiger partial charge in [0.05, 0.1) is 6.61 Å². The van der Waals surface area contributed by atoms with Crippen LogP contribution in [0.25, 0.3) is 0 Å². The average molecular weight is 269 g/mol. The summed E-state index contributed by atoms with van der Waals surface area (Å²) in [6.07, 6.45) is 2.34. The summed E-state index contributed by atoms with van der Waals surface area (Å²) in [6, 6.07) is 0. The van der Waals surface area contributed by atoms with E-state index < -0.39 is 0 Å². The molecule has 17 heavy (non-hydrogen) atoms. The molecule has 0 spiro atoms. The molecule has 2 heterocycles. The zero-order valence-corrected chi connectivity index (χ0v) is 10.8. The summed E-state index contributed by atoms with van der Waals surface area (Å²) in [4.78, 5) is 8.11. The molecule has 0 unspecified atom stereocenters. The van der Waals surface area contributed by atoms with Gasteiger partial charge >= 0.3 is 0 Å². The number of hydrogen-bond acceptors (Lipinski definition) is 8. The van der Waals surface area contributed by atoms with Gasteiger partial charge in [0.1, 0.15) is 22.6 Å². The number of nitrogens with zero attached hydrogens (tertiary/aromatic N) is 4. The van der Waals surface area contributed by atoms with Gasteiger partial charge in [0, 0.05) is 0 Å². The first-order valence-corrected chi connectivity index (χ1v) is 6.68. The number of hydrogen-bond donors (Lipinski definition) is 1. The molecule has 0 bridgehead atoms. The maximum atomic E-state index is 5.93. The van der Waals surface area contributed by atoms with Crippen molar-refractivity contribution in [2.24, 2.45) is 0 Å². The molecule has 0 fully saturated rings. The molecule has 0 saturated carbocycles. The molecule has 2 aromatic heterocycles. The van der Waals surface area contributed by atoms with Gasteiger partial charge in [-0.25, -0.2) is 4.98 Å². The average Bonchev–Trinajstić information content (AvgIpc) is 2.83. The fraction of sp³-hybridized carbons (Fsp3) is 0.333. The van der Waals surface area contributed by atoms with Crippen LogP contribution in [0, 0.1) is 0 Å². The molecule has 8 heteroatoms. The van der Waals surface area contributed by atoms with E-state index in [2.05, 4.69) is 20.2 Å². The summed E-state index contributed by atoms with van der Waals surface area (Å²) in [7, 11) is 0. The third kappa shape index (κ3) is 3.04. The van der Waals surface area contributed by atoms with Crippen LogP contribution in [0.2, 0.25) is 0 Å². The second-order valence-corrected chi connectivity index (χ2v) is 5.12. The number of ether oxygens (including phenoxy) is 1. The molecule has 90 valence electrons. The number of nitrogens with two attached hydrogens (primary N) is 1. The molecule has 2 aromatic rings. The van der Waals surface area contributed by atoms with Crippen LogP contribution in [0.5, 0.6) is 5.88 Å². The van der Waals surface area contributed by atoms with Crippen LogP contribution in [-0.2, 0) is 0 Å². The van der Waals surface area contributed by atoms with Gasteiger partial charge in [-0.05, 0) is 18.2 Å². The van der Waals surface area contributed by atoms with E-state index in [-0.39, 0.29) is 0 Å². The Balaban J connectivity index is 2.17. The van der Waals surface area contributed by atoms with Crippen molar-refractivity contribution in [2.45, 2.75) is 22.7 Å². The molecular weight excluding hydrogens is 258 g/mol. The summed E-state index contributed by atoms with van der Waals surface area (Å²) >= 11 is 2.79. The number of aromatic nitrogens is 4. The molecule has 6 nitrogen and oxygen atoms in total. The third-order valence-corrected chi connectivity index (χ3v) is 3.57. The SMILES string of the molecule is CCCOc1ncnc(Sc2nncs2)c1N. The van der Waals surface area contributed by atoms with Crippen molar-refractivity contribution >= 4 is 28.8 Å². The van der Waals surface area contributed by atoms with Crippen LogP contribution in [-0.4, -0.2) is 26.8 Å². The lowest BCUT2D eigenvalue weighted by Crippen LogP contribution is -2.03. The lowest BCUT2D eigenvalue weighted by atomic mass is 10.5. The topological polar surface area (TPSA) is 86.8 Å². The molecule has 0 radical (unpaired) electrons. The Bertz CT molecular complexity index is 476. The molecule has 2 N–H and O–H groups in total. The summed E-state index contributed by atoms with van der Waals surface area (Å²) in [6.45, 7) is 2.61. The fourth-order valence-corrected chi connectivity index (χ4v) is 2.44. The molecule has 0 aliphatic heterocycles. The van der Waals surface area contributed by atoms with Crippen molar-refractivity contribution in [3.63, 3.8) is 0 Å². The van der Waals surface area contributed by atoms with E-state index in [1.807, 2.05) is 6.92 Å². The molecular formula is C9H11N5OS2. The zero-order chi connectivity index (χ0) is 12.1. The first-order valence-electron chi connectivity index (χ1n) is 4.98. The molecule has 0 aliphatic rings. The van der Waals surface area contributed by atoms with Crippen LogP contribution in [0.15, 0.2) is 21.2 Å². The zero-order valence-electron chi connectivity index (χ0n) is 9.16. The summed E-state index contributed by atoms with van der Waals surface area (Å²) < 4.78 is 6.21. The minimum absolute atomic E-state index is 0.425. The Morgan fingerprint density at radius 3 is 3.06 bits per heavy atom. The number of nitrogen functional groups attached to an aromatic ring is 1. The largest absolute Gasteiger partial charge is 0.476 e. The Hall–Kier alpha value is -1.41. The lowest BCUT2D eigenvalue weighted by molar-refractivity contribution is 0.305. The van der Waals surface area contributed by atoms with Crippen molar-refractivity contribution < 1.29 is 4.74 Å². The van der Waals surface area contributed by atoms with Crippen LogP contribution in [0.4, 0.5) is 5.69 Å². The summed E-state index contributed by atoms with van der Waals surface area (Å²) in [5.41, 5.74) is 8.03. The Kier molecular flexibility index (Phi) is 4.10. The quantitative estimate of drug-likeness (QED) is 0.829. The maximum absolute atomic E-state index is 5.93. The van der Waals surface area contributed by atoms with E-state index in [4.69, 9.17) is 10.5 Å². The molecule has 0 aromatic carbocycles. The van der Waals surface area contributed by atoms with Gasteiger partial charge in [-0.2, -0.15) is 4.98 Å². The monoisotopic (exact) mass is 269 g/mol. The molecule has 0 atom stereocenters. The Labute approximate surface area is 107 Å². The van der Waals surface area contributed by atoms with Gasteiger partial charge in [0.25, 0.3) is 0 Å². The van der Waals surface area contributed by atoms with Crippen molar-refractivity contribution in [3.8, 4) is 5.88 Å². The lowest BCUT2D eigenvalue weighted by Gasteiger charge is -2.08. The van der Waals surface area contributed by atoms with E-state index in [1.165, 1.54) is 29.4 Å². The molecule has 0 aliphatic carbocycles. The van der Waals surface area contributed by atoms with Crippen molar-refractivity contribution in [1.29, 1.82) is 0 Å². The Morgan fingerprint density at radius 2 is 2.35 bits per heavy atom. The van der Waals surface area contributed by atoms with Crippen LogP contribution < -0.4 is 10.5 Å². The summed E-state index contributed by atoms with van der Waals surface area (Å²) in [5.74, 6) is 0.425. The van der Waals surface area contributed by atoms with Crippen molar-refractivity contribution in [2.75, 3.05) is 12.3 Å². The fourth-order valence-electron chi connectivity index (χ4n) is 1.05. The highest BCUT2D eigenvalue weighted by molar-refractivity contribution is 8.01. The van der Waals surface area contributed by atoms with E-state index in [0.717, 1.165) is 10.8 Å². The van der Waals surface area contributed by atoms with E-state index >= 15 is 0 Å². The number of rotatable bonds is 5. The minimum Gasteiger partial charge on any atom is -0.476 e. The molecule has 0 saturated heterocycles. The number of anilines is 1. The minimum atomic E-state index is 0.425. The van der Waals surface area contributed by atoms with Gasteiger partial charge < -0.3 is 10.5 Å². The summed E-state index contributed by atoms with van der Waals surface area (Å²) in [5, 5.41) is 8.31. The predicted octanol–water partition coefficient (Wildman–Crippen LogP) is 1.85. The van der Waals surface area contributed by atoms with Crippen LogP contribution in [0.1, 0.15) is 13.3 Å². The normalized spacial score (nSPS) is 10.4. The van der Waals surface area contributed by atoms with Gasteiger partial charge in [-0.1, -0.05) is 18.3 Å². The van der Waals surface area contributed by atoms with Gasteiger partial charge in [-0.15, -0.1) is 10.2 Å². The second-order valence-electron chi connectivity index (χ2n) is 3.05. The highest BCUT2D eigenvalue weighted by Gasteiger charge is 2.11. The standard InChI is InChI=1S/C9H11N5OS2/c1-2-3-15-7-6(10)8(12-4-11-7)17-9-14-13-5-16-9/h4-5H,2-3,10H2,1H3. The van der Waals surface area contributed by atoms with Crippen LogP contribution >= 0.6 is 23.1 Å². The maximum Gasteiger partial charge on any atom is 0.241 e. The van der Waals surface area contributed by atoms with Gasteiger partial charge in [-0.3, -0.25) is 0 Å². The first-order chi connectivity index (χ1) is 8.31. The van der Waals surface area contributed by atoms with E-state index in [0.29, 0.717) is 23.2 Å². The third-order valence-electron chi connectivity index (χ3n) is 1.78.